The van der Waals surface area contributed by atoms with Gasteiger partial charge in [0.15, 0.2) is 0 Å². The van der Waals surface area contributed by atoms with E-state index in [-0.39, 0.29) is 12.3 Å². The number of nitrogens with zero attached hydrogens (tertiary/aromatic N) is 2. The molecule has 2 aromatic carbocycles. The minimum atomic E-state index is -3.32. The molecule has 3 rings (SSSR count). The number of anilines is 1. The van der Waals surface area contributed by atoms with Gasteiger partial charge in [0.2, 0.25) is 10.0 Å². The molecule has 0 radical (unpaired) electrons. The highest BCUT2D eigenvalue weighted by Crippen LogP contribution is 2.30. The largest absolute Gasteiger partial charge is 0.497 e. The third kappa shape index (κ3) is 7.16. The molecule has 34 heavy (non-hydrogen) atoms. The number of ether oxygens (including phenoxy) is 1. The van der Waals surface area contributed by atoms with Crippen molar-refractivity contribution in [3.63, 3.8) is 0 Å². The van der Waals surface area contributed by atoms with Crippen molar-refractivity contribution in [2.75, 3.05) is 31.8 Å². The first kappa shape index (κ1) is 24.9. The molecular formula is C25H29N5O3S. The molecule has 0 saturated heterocycles. The van der Waals surface area contributed by atoms with Crippen LogP contribution in [-0.2, 0) is 16.6 Å². The van der Waals surface area contributed by atoms with Crippen LogP contribution in [-0.4, -0.2) is 46.1 Å². The van der Waals surface area contributed by atoms with E-state index in [2.05, 4.69) is 20.0 Å². The third-order valence-corrected chi connectivity index (χ3v) is 6.45. The maximum Gasteiger partial charge on any atom is 0.213 e. The Balaban J connectivity index is 1.87. The summed E-state index contributed by atoms with van der Waals surface area (Å²) in [6.07, 6.45) is 6.88. The Bertz CT molecular complexity index is 1260. The molecule has 0 unspecified atom stereocenters. The molecule has 0 aliphatic heterocycles. The average Bonchev–Trinajstić information content (AvgIpc) is 2.87. The van der Waals surface area contributed by atoms with Gasteiger partial charge in [0.05, 0.1) is 19.4 Å². The van der Waals surface area contributed by atoms with E-state index in [1.807, 2.05) is 54.6 Å². The molecular weight excluding hydrogens is 450 g/mol. The first-order chi connectivity index (χ1) is 16.4. The van der Waals surface area contributed by atoms with Crippen molar-refractivity contribution in [2.45, 2.75) is 6.54 Å². The number of hydrogen-bond acceptors (Lipinski definition) is 7. The summed E-state index contributed by atoms with van der Waals surface area (Å²) in [5.41, 5.74) is 11.3. The second-order valence-corrected chi connectivity index (χ2v) is 9.46. The van der Waals surface area contributed by atoms with E-state index in [0.29, 0.717) is 12.2 Å². The van der Waals surface area contributed by atoms with E-state index < -0.39 is 10.0 Å². The summed E-state index contributed by atoms with van der Waals surface area (Å²) >= 11 is 0. The Hall–Kier alpha value is -3.69. The van der Waals surface area contributed by atoms with Gasteiger partial charge in [0.1, 0.15) is 5.75 Å². The average molecular weight is 480 g/mol. The first-order valence-electron chi connectivity index (χ1n) is 10.7. The van der Waals surface area contributed by atoms with E-state index in [1.54, 1.807) is 31.8 Å². The highest BCUT2D eigenvalue weighted by molar-refractivity contribution is 7.89. The van der Waals surface area contributed by atoms with Crippen LogP contribution >= 0.6 is 0 Å². The molecule has 0 atom stereocenters. The molecule has 8 nitrogen and oxygen atoms in total. The van der Waals surface area contributed by atoms with Gasteiger partial charge in [-0.2, -0.15) is 0 Å². The molecule has 0 fully saturated rings. The summed E-state index contributed by atoms with van der Waals surface area (Å²) in [7, 11) is -0.299. The fourth-order valence-corrected chi connectivity index (χ4v) is 3.79. The van der Waals surface area contributed by atoms with Crippen molar-refractivity contribution in [3.05, 3.63) is 84.2 Å². The van der Waals surface area contributed by atoms with Crippen LogP contribution in [0, 0.1) is 0 Å². The number of methoxy groups -OCH3 is 1. The van der Waals surface area contributed by atoms with E-state index in [0.717, 1.165) is 33.7 Å². The molecule has 4 N–H and O–H groups in total. The topological polar surface area (TPSA) is 119 Å². The number of aliphatic imine (C=N–C) groups is 1. The van der Waals surface area contributed by atoms with Crippen molar-refractivity contribution in [1.82, 2.24) is 9.71 Å². The Labute approximate surface area is 200 Å². The molecule has 178 valence electrons. The van der Waals surface area contributed by atoms with E-state index in [1.165, 1.54) is 7.05 Å². The minimum Gasteiger partial charge on any atom is -0.497 e. The summed E-state index contributed by atoms with van der Waals surface area (Å²) < 4.78 is 31.2. The van der Waals surface area contributed by atoms with Gasteiger partial charge in [0.25, 0.3) is 0 Å². The normalized spacial score (nSPS) is 12.1. The highest BCUT2D eigenvalue weighted by atomic mass is 32.2. The number of pyridine rings is 1. The number of allylic oxidation sites excluding steroid dienone is 1. The molecule has 1 heterocycles. The van der Waals surface area contributed by atoms with Crippen molar-refractivity contribution in [3.8, 4) is 16.9 Å². The molecule has 0 amide bonds. The van der Waals surface area contributed by atoms with Crippen molar-refractivity contribution >= 4 is 27.6 Å². The van der Waals surface area contributed by atoms with Crippen molar-refractivity contribution in [2.24, 2.45) is 10.7 Å². The summed E-state index contributed by atoms with van der Waals surface area (Å²) in [5, 5.41) is 3.18. The Morgan fingerprint density at radius 3 is 2.71 bits per heavy atom. The predicted molar refractivity (Wildman–Crippen MR) is 138 cm³/mol. The maximum atomic E-state index is 11.8. The smallest absolute Gasteiger partial charge is 0.213 e. The van der Waals surface area contributed by atoms with Gasteiger partial charge in [-0.05, 0) is 60.1 Å². The number of sulfonamides is 1. The van der Waals surface area contributed by atoms with E-state index in [4.69, 9.17) is 10.5 Å². The fourth-order valence-electron chi connectivity index (χ4n) is 3.21. The molecule has 0 spiro atoms. The van der Waals surface area contributed by atoms with Crippen LogP contribution in [0.1, 0.15) is 11.1 Å². The summed E-state index contributed by atoms with van der Waals surface area (Å²) in [6.45, 7) is 0.728. The molecule has 0 aliphatic rings. The SMILES string of the molecule is CNS(=O)(=O)CCNc1ccc(-c2cccc(OC)c2)cc1/C(N)=C/C=NCc1cccnc1. The van der Waals surface area contributed by atoms with Crippen molar-refractivity contribution in [1.29, 1.82) is 0 Å². The number of nitrogens with two attached hydrogens (primary N) is 1. The first-order valence-corrected chi connectivity index (χ1v) is 12.4. The van der Waals surface area contributed by atoms with Crippen LogP contribution < -0.4 is 20.5 Å². The number of hydrogen-bond donors (Lipinski definition) is 3. The van der Waals surface area contributed by atoms with Gasteiger partial charge < -0.3 is 15.8 Å². The van der Waals surface area contributed by atoms with Crippen molar-refractivity contribution < 1.29 is 13.2 Å². The van der Waals surface area contributed by atoms with Crippen LogP contribution in [0.5, 0.6) is 5.75 Å². The lowest BCUT2D eigenvalue weighted by molar-refractivity contribution is 0.415. The summed E-state index contributed by atoms with van der Waals surface area (Å²) in [4.78, 5) is 8.48. The molecule has 9 heteroatoms. The standard InChI is InChI=1S/C25H29N5O3S/c1-27-34(31,32)14-13-30-25-9-8-21(20-6-3-7-22(15-20)33-2)16-23(25)24(26)10-12-29-18-19-5-4-11-28-17-19/h3-12,15-17,27,30H,13-14,18,26H2,1-2H3/b24-10-,29-12?. The zero-order valence-corrected chi connectivity index (χ0v) is 20.0. The number of aromatic nitrogens is 1. The lowest BCUT2D eigenvalue weighted by atomic mass is 10.00. The van der Waals surface area contributed by atoms with Crippen LogP contribution in [0.3, 0.4) is 0 Å². The molecule has 0 bridgehead atoms. The second kappa shape index (κ2) is 12.0. The Kier molecular flexibility index (Phi) is 8.78. The van der Waals surface area contributed by atoms with Crippen LogP contribution in [0.2, 0.25) is 0 Å². The van der Waals surface area contributed by atoms with Gasteiger partial charge in [-0.3, -0.25) is 9.98 Å². The van der Waals surface area contributed by atoms with Gasteiger partial charge >= 0.3 is 0 Å². The number of benzene rings is 2. The monoisotopic (exact) mass is 479 g/mol. The van der Waals surface area contributed by atoms with Crippen LogP contribution in [0.4, 0.5) is 5.69 Å². The van der Waals surface area contributed by atoms with E-state index >= 15 is 0 Å². The van der Waals surface area contributed by atoms with Gasteiger partial charge in [-0.15, -0.1) is 0 Å². The van der Waals surface area contributed by atoms with Crippen LogP contribution in [0.15, 0.2) is 78.1 Å². The maximum absolute atomic E-state index is 11.8. The second-order valence-electron chi connectivity index (χ2n) is 7.42. The zero-order chi connectivity index (χ0) is 24.4. The third-order valence-electron chi connectivity index (χ3n) is 5.09. The molecule has 0 aliphatic carbocycles. The predicted octanol–water partition coefficient (Wildman–Crippen LogP) is 3.29. The summed E-state index contributed by atoms with van der Waals surface area (Å²) in [6, 6.07) is 17.4. The summed E-state index contributed by atoms with van der Waals surface area (Å²) in [5.74, 6) is 0.695. The van der Waals surface area contributed by atoms with Gasteiger partial charge in [0, 0.05) is 42.1 Å². The van der Waals surface area contributed by atoms with Gasteiger partial charge in [-0.25, -0.2) is 13.1 Å². The fraction of sp³-hybridized carbons (Fsp3) is 0.200. The van der Waals surface area contributed by atoms with Crippen LogP contribution in [0.25, 0.3) is 16.8 Å². The molecule has 3 aromatic rings. The zero-order valence-electron chi connectivity index (χ0n) is 19.2. The lowest BCUT2D eigenvalue weighted by Gasteiger charge is -2.15. The Morgan fingerprint density at radius 2 is 1.97 bits per heavy atom. The molecule has 0 saturated carbocycles. The quantitative estimate of drug-likeness (QED) is 0.363. The highest BCUT2D eigenvalue weighted by Gasteiger charge is 2.11. The minimum absolute atomic E-state index is 0.0588. The molecule has 1 aromatic heterocycles. The van der Waals surface area contributed by atoms with Gasteiger partial charge in [-0.1, -0.05) is 24.3 Å². The number of nitrogens with one attached hydrogen (secondary N) is 2. The lowest BCUT2D eigenvalue weighted by Crippen LogP contribution is -2.26. The van der Waals surface area contributed by atoms with E-state index in [9.17, 15) is 8.42 Å². The Morgan fingerprint density at radius 1 is 1.15 bits per heavy atom. The number of rotatable bonds is 11.